The summed E-state index contributed by atoms with van der Waals surface area (Å²) in [5, 5.41) is 3.50. The summed E-state index contributed by atoms with van der Waals surface area (Å²) in [5.41, 5.74) is 5.74. The molecule has 0 saturated carbocycles. The highest BCUT2D eigenvalue weighted by molar-refractivity contribution is 5.84. The van der Waals surface area contributed by atoms with Crippen LogP contribution in [0.15, 0.2) is 4.52 Å². The van der Waals surface area contributed by atoms with Crippen LogP contribution in [-0.4, -0.2) is 22.7 Å². The molecule has 6 heteroatoms. The zero-order valence-corrected chi connectivity index (χ0v) is 8.90. The minimum Gasteiger partial charge on any atom is -0.460 e. The van der Waals surface area contributed by atoms with Crippen LogP contribution in [0.2, 0.25) is 0 Å². The standard InChI is InChI=1S/C9H15N3O3/c1-3-5-6(10)8-11-7(12-15-8)9(13)14-4-2/h6H,3-5,10H2,1-2H3/t6-/m1/s1. The Morgan fingerprint density at radius 3 is 2.93 bits per heavy atom. The molecule has 1 rings (SSSR count). The zero-order chi connectivity index (χ0) is 11.3. The van der Waals surface area contributed by atoms with E-state index in [-0.39, 0.29) is 24.4 Å². The van der Waals surface area contributed by atoms with Crippen molar-refractivity contribution in [1.29, 1.82) is 0 Å². The summed E-state index contributed by atoms with van der Waals surface area (Å²) in [7, 11) is 0. The second-order valence-corrected chi connectivity index (χ2v) is 3.07. The van der Waals surface area contributed by atoms with E-state index in [1.807, 2.05) is 6.92 Å². The van der Waals surface area contributed by atoms with Gasteiger partial charge in [0.25, 0.3) is 5.82 Å². The molecule has 84 valence electrons. The lowest BCUT2D eigenvalue weighted by Gasteiger charge is -2.01. The Kier molecular flexibility index (Phi) is 4.23. The fraction of sp³-hybridized carbons (Fsp3) is 0.667. The molecule has 0 aliphatic carbocycles. The van der Waals surface area contributed by atoms with Crippen molar-refractivity contribution in [2.75, 3.05) is 6.61 Å². The lowest BCUT2D eigenvalue weighted by atomic mass is 10.2. The van der Waals surface area contributed by atoms with E-state index in [9.17, 15) is 4.79 Å². The van der Waals surface area contributed by atoms with Crippen LogP contribution < -0.4 is 5.73 Å². The van der Waals surface area contributed by atoms with Crippen molar-refractivity contribution in [3.05, 3.63) is 11.7 Å². The van der Waals surface area contributed by atoms with Crippen LogP contribution in [-0.2, 0) is 4.74 Å². The quantitative estimate of drug-likeness (QED) is 0.735. The molecule has 0 fully saturated rings. The molecule has 1 aromatic heterocycles. The van der Waals surface area contributed by atoms with Gasteiger partial charge in [-0.1, -0.05) is 13.3 Å². The van der Waals surface area contributed by atoms with Crippen LogP contribution in [0.5, 0.6) is 0 Å². The topological polar surface area (TPSA) is 91.2 Å². The second-order valence-electron chi connectivity index (χ2n) is 3.07. The van der Waals surface area contributed by atoms with Gasteiger partial charge in [-0.05, 0) is 18.5 Å². The van der Waals surface area contributed by atoms with Gasteiger partial charge >= 0.3 is 5.97 Å². The SMILES string of the molecule is CCC[C@@H](N)c1nc(C(=O)OCC)no1. The van der Waals surface area contributed by atoms with Gasteiger partial charge in [-0.25, -0.2) is 4.79 Å². The molecular formula is C9H15N3O3. The predicted molar refractivity (Wildman–Crippen MR) is 52.1 cm³/mol. The second kappa shape index (κ2) is 5.45. The molecule has 1 heterocycles. The van der Waals surface area contributed by atoms with E-state index in [1.165, 1.54) is 0 Å². The summed E-state index contributed by atoms with van der Waals surface area (Å²) >= 11 is 0. The molecule has 0 spiro atoms. The minimum absolute atomic E-state index is 0.0709. The third kappa shape index (κ3) is 3.02. The van der Waals surface area contributed by atoms with Crippen molar-refractivity contribution in [3.8, 4) is 0 Å². The van der Waals surface area contributed by atoms with E-state index in [1.54, 1.807) is 6.92 Å². The van der Waals surface area contributed by atoms with Crippen LogP contribution in [0, 0.1) is 0 Å². The molecule has 15 heavy (non-hydrogen) atoms. The normalized spacial score (nSPS) is 12.5. The molecule has 0 bridgehead atoms. The third-order valence-electron chi connectivity index (χ3n) is 1.82. The molecule has 6 nitrogen and oxygen atoms in total. The van der Waals surface area contributed by atoms with Gasteiger partial charge in [-0.2, -0.15) is 4.98 Å². The van der Waals surface area contributed by atoms with Gasteiger partial charge < -0.3 is 15.0 Å². The first-order valence-electron chi connectivity index (χ1n) is 4.95. The van der Waals surface area contributed by atoms with Gasteiger partial charge in [0.2, 0.25) is 5.89 Å². The van der Waals surface area contributed by atoms with Crippen LogP contribution in [0.3, 0.4) is 0 Å². The van der Waals surface area contributed by atoms with Crippen molar-refractivity contribution in [1.82, 2.24) is 10.1 Å². The van der Waals surface area contributed by atoms with Crippen molar-refractivity contribution in [3.63, 3.8) is 0 Å². The summed E-state index contributed by atoms with van der Waals surface area (Å²) in [6.45, 7) is 3.99. The van der Waals surface area contributed by atoms with Gasteiger partial charge in [0.15, 0.2) is 0 Å². The molecule has 2 N–H and O–H groups in total. The van der Waals surface area contributed by atoms with E-state index in [0.717, 1.165) is 12.8 Å². The Labute approximate surface area is 87.8 Å². The van der Waals surface area contributed by atoms with Crippen molar-refractivity contribution in [2.45, 2.75) is 32.7 Å². The van der Waals surface area contributed by atoms with Gasteiger partial charge in [0.1, 0.15) is 0 Å². The molecule has 0 aliphatic rings. The maximum atomic E-state index is 11.2. The summed E-state index contributed by atoms with van der Waals surface area (Å²) in [6, 6.07) is -0.314. The third-order valence-corrected chi connectivity index (χ3v) is 1.82. The van der Waals surface area contributed by atoms with Crippen LogP contribution >= 0.6 is 0 Å². The first-order chi connectivity index (χ1) is 7.19. The molecular weight excluding hydrogens is 198 g/mol. The Bertz CT molecular complexity index is 324. The average Bonchev–Trinajstić information content (AvgIpc) is 2.67. The summed E-state index contributed by atoms with van der Waals surface area (Å²) in [4.78, 5) is 15.1. The maximum Gasteiger partial charge on any atom is 0.379 e. The monoisotopic (exact) mass is 213 g/mol. The molecule has 0 aromatic carbocycles. The van der Waals surface area contributed by atoms with E-state index >= 15 is 0 Å². The number of nitrogens with two attached hydrogens (primary N) is 1. The summed E-state index contributed by atoms with van der Waals surface area (Å²) < 4.78 is 9.58. The first kappa shape index (κ1) is 11.6. The zero-order valence-electron chi connectivity index (χ0n) is 8.90. The number of nitrogens with zero attached hydrogens (tertiary/aromatic N) is 2. The Morgan fingerprint density at radius 1 is 1.60 bits per heavy atom. The number of aromatic nitrogens is 2. The molecule has 0 aliphatic heterocycles. The van der Waals surface area contributed by atoms with Gasteiger partial charge in [-0.15, -0.1) is 0 Å². The predicted octanol–water partition coefficient (Wildman–Crippen LogP) is 1.05. The van der Waals surface area contributed by atoms with Crippen LogP contribution in [0.25, 0.3) is 0 Å². The molecule has 1 aromatic rings. The van der Waals surface area contributed by atoms with Crippen LogP contribution in [0.4, 0.5) is 0 Å². The van der Waals surface area contributed by atoms with E-state index in [0.29, 0.717) is 0 Å². The number of carbonyl (C=O) groups excluding carboxylic acids is 1. The van der Waals surface area contributed by atoms with E-state index in [2.05, 4.69) is 10.1 Å². The first-order valence-corrected chi connectivity index (χ1v) is 4.95. The number of ether oxygens (including phenoxy) is 1. The highest BCUT2D eigenvalue weighted by atomic mass is 16.5. The van der Waals surface area contributed by atoms with Crippen molar-refractivity contribution < 1.29 is 14.1 Å². The largest absolute Gasteiger partial charge is 0.460 e. The Morgan fingerprint density at radius 2 is 2.33 bits per heavy atom. The van der Waals surface area contributed by atoms with Gasteiger partial charge in [0.05, 0.1) is 12.6 Å². The maximum absolute atomic E-state index is 11.2. The lowest BCUT2D eigenvalue weighted by molar-refractivity contribution is 0.0508. The smallest absolute Gasteiger partial charge is 0.379 e. The molecule has 0 amide bonds. The lowest BCUT2D eigenvalue weighted by Crippen LogP contribution is -2.11. The average molecular weight is 213 g/mol. The number of esters is 1. The Hall–Kier alpha value is -1.43. The van der Waals surface area contributed by atoms with E-state index in [4.69, 9.17) is 15.0 Å². The number of rotatable bonds is 5. The van der Waals surface area contributed by atoms with E-state index < -0.39 is 5.97 Å². The molecule has 1 atom stereocenters. The minimum atomic E-state index is -0.587. The van der Waals surface area contributed by atoms with Crippen LogP contribution in [0.1, 0.15) is 49.2 Å². The Balaban J connectivity index is 2.67. The highest BCUT2D eigenvalue weighted by Gasteiger charge is 2.18. The van der Waals surface area contributed by atoms with Gasteiger partial charge in [0, 0.05) is 0 Å². The number of hydrogen-bond acceptors (Lipinski definition) is 6. The molecule has 0 radical (unpaired) electrons. The number of carbonyl (C=O) groups is 1. The molecule has 0 saturated heterocycles. The number of hydrogen-bond donors (Lipinski definition) is 1. The molecule has 0 unspecified atom stereocenters. The summed E-state index contributed by atoms with van der Waals surface area (Å²) in [5.74, 6) is -0.380. The van der Waals surface area contributed by atoms with Crippen molar-refractivity contribution in [2.24, 2.45) is 5.73 Å². The fourth-order valence-electron chi connectivity index (χ4n) is 1.10. The fourth-order valence-corrected chi connectivity index (χ4v) is 1.10. The van der Waals surface area contributed by atoms with Crippen molar-refractivity contribution >= 4 is 5.97 Å². The summed E-state index contributed by atoms with van der Waals surface area (Å²) in [6.07, 6.45) is 1.66. The highest BCUT2D eigenvalue weighted by Crippen LogP contribution is 2.13. The van der Waals surface area contributed by atoms with Gasteiger partial charge in [-0.3, -0.25) is 0 Å².